The minimum absolute atomic E-state index is 0.248. The molecule has 1 amide bonds. The van der Waals surface area contributed by atoms with Crippen molar-refractivity contribution in [1.29, 1.82) is 0 Å². The molecule has 158 valence electrons. The second-order valence-electron chi connectivity index (χ2n) is 7.67. The lowest BCUT2D eigenvalue weighted by Gasteiger charge is -2.30. The van der Waals surface area contributed by atoms with Gasteiger partial charge in [-0.3, -0.25) is 4.79 Å². The number of nitrogens with one attached hydrogen (secondary N) is 2. The van der Waals surface area contributed by atoms with Gasteiger partial charge in [0.2, 0.25) is 0 Å². The van der Waals surface area contributed by atoms with Crippen LogP contribution in [0, 0.1) is 18.3 Å². The van der Waals surface area contributed by atoms with E-state index in [-0.39, 0.29) is 5.91 Å². The van der Waals surface area contributed by atoms with E-state index < -0.39 is 5.66 Å². The summed E-state index contributed by atoms with van der Waals surface area (Å²) < 4.78 is 5.85. The van der Waals surface area contributed by atoms with Crippen molar-refractivity contribution >= 4 is 12.2 Å². The Morgan fingerprint density at radius 1 is 1.26 bits per heavy atom. The highest BCUT2D eigenvalue weighted by Gasteiger charge is 2.28. The van der Waals surface area contributed by atoms with Gasteiger partial charge in [0.05, 0.1) is 6.34 Å². The zero-order chi connectivity index (χ0) is 21.7. The summed E-state index contributed by atoms with van der Waals surface area (Å²) in [6, 6.07) is 17.3. The van der Waals surface area contributed by atoms with E-state index >= 15 is 0 Å². The quantitative estimate of drug-likeness (QED) is 0.629. The van der Waals surface area contributed by atoms with Gasteiger partial charge in [0.25, 0.3) is 5.91 Å². The van der Waals surface area contributed by atoms with E-state index in [1.54, 1.807) is 11.2 Å². The number of amides is 1. The van der Waals surface area contributed by atoms with Gasteiger partial charge in [-0.2, -0.15) is 0 Å². The number of carbonyl (C=O) groups excluding carboxylic acids is 1. The van der Waals surface area contributed by atoms with Crippen LogP contribution < -0.4 is 21.1 Å². The van der Waals surface area contributed by atoms with Gasteiger partial charge in [0.1, 0.15) is 23.0 Å². The number of terminal acetylenes is 1. The first-order valence-electron chi connectivity index (χ1n) is 10.2. The fraction of sp³-hybridized carbons (Fsp3) is 0.250. The van der Waals surface area contributed by atoms with Crippen molar-refractivity contribution in [1.82, 2.24) is 15.5 Å². The fourth-order valence-electron chi connectivity index (χ4n) is 3.71. The molecule has 0 aromatic heterocycles. The number of aliphatic imine (C=N–C) groups is 1. The van der Waals surface area contributed by atoms with Gasteiger partial charge in [-0.1, -0.05) is 30.3 Å². The minimum Gasteiger partial charge on any atom is -0.457 e. The minimum atomic E-state index is -0.892. The smallest absolute Gasteiger partial charge is 0.298 e. The molecule has 0 radical (unpaired) electrons. The Kier molecular flexibility index (Phi) is 5.92. The molecular formula is C24H25N5O2. The van der Waals surface area contributed by atoms with Gasteiger partial charge >= 0.3 is 0 Å². The normalized spacial score (nSPS) is 22.3. The van der Waals surface area contributed by atoms with Gasteiger partial charge in [-0.25, -0.2) is 4.99 Å². The van der Waals surface area contributed by atoms with E-state index in [0.717, 1.165) is 23.5 Å². The second kappa shape index (κ2) is 8.94. The van der Waals surface area contributed by atoms with E-state index in [9.17, 15) is 4.79 Å². The van der Waals surface area contributed by atoms with Crippen LogP contribution in [0.3, 0.4) is 0 Å². The third-order valence-electron chi connectivity index (χ3n) is 5.45. The first kappa shape index (κ1) is 20.5. The SMILES string of the molecule is C#CC(=O)N1CC[C@H](CNC2=CC(N)(c3ccc(Oc4ccccc4)cc3)NC=N2)C1. The second-order valence-corrected chi connectivity index (χ2v) is 7.67. The van der Waals surface area contributed by atoms with Crippen LogP contribution in [0.25, 0.3) is 0 Å². The Morgan fingerprint density at radius 2 is 2.00 bits per heavy atom. The molecule has 4 rings (SSSR count). The molecule has 1 fully saturated rings. The molecule has 4 N–H and O–H groups in total. The highest BCUT2D eigenvalue weighted by molar-refractivity contribution is 5.93. The van der Waals surface area contributed by atoms with E-state index in [4.69, 9.17) is 16.9 Å². The Morgan fingerprint density at radius 3 is 2.74 bits per heavy atom. The molecule has 2 aliphatic rings. The van der Waals surface area contributed by atoms with Crippen molar-refractivity contribution in [3.05, 3.63) is 72.1 Å². The number of likely N-dealkylation sites (tertiary alicyclic amines) is 1. The van der Waals surface area contributed by atoms with Crippen molar-refractivity contribution in [2.45, 2.75) is 12.1 Å². The third kappa shape index (κ3) is 4.87. The molecule has 0 spiro atoms. The van der Waals surface area contributed by atoms with E-state index in [1.165, 1.54) is 0 Å². The lowest BCUT2D eigenvalue weighted by molar-refractivity contribution is -0.124. The topological polar surface area (TPSA) is 92.0 Å². The van der Waals surface area contributed by atoms with Crippen molar-refractivity contribution < 1.29 is 9.53 Å². The van der Waals surface area contributed by atoms with Crippen molar-refractivity contribution in [2.24, 2.45) is 16.6 Å². The lowest BCUT2D eigenvalue weighted by Crippen LogP contribution is -2.50. The van der Waals surface area contributed by atoms with Crippen LogP contribution in [0.15, 0.2) is 71.5 Å². The molecule has 2 heterocycles. The van der Waals surface area contributed by atoms with Gasteiger partial charge in [0, 0.05) is 25.7 Å². The van der Waals surface area contributed by atoms with E-state index in [1.807, 2.05) is 60.7 Å². The predicted octanol–water partition coefficient (Wildman–Crippen LogP) is 2.13. The molecule has 7 heteroatoms. The summed E-state index contributed by atoms with van der Waals surface area (Å²) in [5.74, 6) is 4.45. The van der Waals surface area contributed by atoms with Gasteiger partial charge in [0.15, 0.2) is 0 Å². The molecule has 7 nitrogen and oxygen atoms in total. The average molecular weight is 415 g/mol. The van der Waals surface area contributed by atoms with Gasteiger partial charge in [-0.15, -0.1) is 6.42 Å². The molecule has 2 aliphatic heterocycles. The summed E-state index contributed by atoms with van der Waals surface area (Å²) in [5.41, 5.74) is 6.59. The maximum absolute atomic E-state index is 11.6. The molecule has 31 heavy (non-hydrogen) atoms. The zero-order valence-electron chi connectivity index (χ0n) is 17.1. The molecule has 2 aromatic rings. The third-order valence-corrected chi connectivity index (χ3v) is 5.45. The summed E-state index contributed by atoms with van der Waals surface area (Å²) in [7, 11) is 0. The summed E-state index contributed by atoms with van der Waals surface area (Å²) in [5, 5.41) is 6.46. The number of nitrogens with two attached hydrogens (primary N) is 1. The molecule has 2 aromatic carbocycles. The van der Waals surface area contributed by atoms with Crippen molar-refractivity contribution in [3.63, 3.8) is 0 Å². The first-order valence-corrected chi connectivity index (χ1v) is 10.2. The number of nitrogens with zero attached hydrogens (tertiary/aromatic N) is 2. The van der Waals surface area contributed by atoms with Crippen LogP contribution in [-0.4, -0.2) is 36.8 Å². The predicted molar refractivity (Wildman–Crippen MR) is 120 cm³/mol. The number of ether oxygens (including phenoxy) is 1. The lowest BCUT2D eigenvalue weighted by atomic mass is 9.99. The molecular weight excluding hydrogens is 390 g/mol. The summed E-state index contributed by atoms with van der Waals surface area (Å²) >= 11 is 0. The van der Waals surface area contributed by atoms with Gasteiger partial charge in [-0.05, 0) is 48.1 Å². The number of hydrogen-bond donors (Lipinski definition) is 3. The highest BCUT2D eigenvalue weighted by Crippen LogP contribution is 2.26. The Bertz CT molecular complexity index is 1030. The summed E-state index contributed by atoms with van der Waals surface area (Å²) in [4.78, 5) is 17.7. The van der Waals surface area contributed by atoms with Crippen LogP contribution in [0.4, 0.5) is 0 Å². The maximum atomic E-state index is 11.6. The van der Waals surface area contributed by atoms with Crippen LogP contribution in [0.5, 0.6) is 11.5 Å². The Balaban J connectivity index is 1.38. The van der Waals surface area contributed by atoms with Gasteiger partial charge < -0.3 is 26.0 Å². The molecule has 0 aliphatic carbocycles. The summed E-state index contributed by atoms with van der Waals surface area (Å²) in [6.07, 6.45) is 9.57. The monoisotopic (exact) mass is 415 g/mol. The molecule has 0 bridgehead atoms. The standard InChI is InChI=1S/C24H25N5O2/c1-2-23(30)29-13-12-18(16-29)15-26-22-14-24(25,28-17-27-22)19-8-10-21(11-9-19)31-20-6-4-3-5-7-20/h1,3-11,14,17-18,26H,12-13,15-16,25H2,(H,27,28)/t18-,24?/m1/s1. The number of carbonyl (C=O) groups is 1. The number of rotatable bonds is 6. The summed E-state index contributed by atoms with van der Waals surface area (Å²) in [6.45, 7) is 2.04. The van der Waals surface area contributed by atoms with Crippen LogP contribution >= 0.6 is 0 Å². The number of para-hydroxylation sites is 1. The van der Waals surface area contributed by atoms with E-state index in [0.29, 0.717) is 31.4 Å². The number of benzene rings is 2. The van der Waals surface area contributed by atoms with Crippen molar-refractivity contribution in [3.8, 4) is 23.8 Å². The highest BCUT2D eigenvalue weighted by atomic mass is 16.5. The van der Waals surface area contributed by atoms with Crippen LogP contribution in [0.1, 0.15) is 12.0 Å². The average Bonchev–Trinajstić information content (AvgIpc) is 3.28. The van der Waals surface area contributed by atoms with E-state index in [2.05, 4.69) is 21.5 Å². The zero-order valence-corrected chi connectivity index (χ0v) is 17.1. The maximum Gasteiger partial charge on any atom is 0.298 e. The largest absolute Gasteiger partial charge is 0.457 e. The molecule has 2 atom stereocenters. The molecule has 0 saturated carbocycles. The van der Waals surface area contributed by atoms with Crippen molar-refractivity contribution in [2.75, 3.05) is 19.6 Å². The Hall–Kier alpha value is -3.76. The number of hydrogen-bond acceptors (Lipinski definition) is 6. The van der Waals surface area contributed by atoms with Crippen LogP contribution in [0.2, 0.25) is 0 Å². The van der Waals surface area contributed by atoms with Crippen LogP contribution in [-0.2, 0) is 10.5 Å². The fourth-order valence-corrected chi connectivity index (χ4v) is 3.71. The molecule has 1 saturated heterocycles. The Labute approximate surface area is 182 Å². The first-order chi connectivity index (χ1) is 15.1. The molecule has 1 unspecified atom stereocenters.